The van der Waals surface area contributed by atoms with Crippen molar-refractivity contribution in [3.05, 3.63) is 95.9 Å². The smallest absolute Gasteiger partial charge is 0.238 e. The minimum absolute atomic E-state index is 0.0699. The van der Waals surface area contributed by atoms with Gasteiger partial charge in [-0.2, -0.15) is 5.10 Å². The second-order valence-corrected chi connectivity index (χ2v) is 8.36. The largest absolute Gasteiger partial charge is 0.295 e. The highest BCUT2D eigenvalue weighted by molar-refractivity contribution is 8.00. The first-order valence-electron chi connectivity index (χ1n) is 9.45. The van der Waals surface area contributed by atoms with E-state index < -0.39 is 0 Å². The zero-order valence-electron chi connectivity index (χ0n) is 15.9. The van der Waals surface area contributed by atoms with E-state index in [4.69, 9.17) is 16.7 Å². The second-order valence-electron chi connectivity index (χ2n) is 6.85. The lowest BCUT2D eigenvalue weighted by Gasteiger charge is -2.24. The molecule has 0 radical (unpaired) electrons. The second kappa shape index (κ2) is 7.97. The molecule has 5 nitrogen and oxygen atoms in total. The molecule has 1 aliphatic rings. The number of hydrogen-bond donors (Lipinski definition) is 0. The number of carbonyl (C=O) groups excluding carboxylic acids is 1. The standard InChI is InChI=1S/C23H17ClN4OS/c24-17-6-8-19(9-7-17)28-21(29)15-30-23(28)20-14-27(18-4-2-1-3-5-18)26-22(20)16-10-12-25-13-11-16/h1-14,23H,15H2. The fraction of sp³-hybridized carbons (Fsp3) is 0.0870. The highest BCUT2D eigenvalue weighted by Crippen LogP contribution is 2.45. The van der Waals surface area contributed by atoms with Gasteiger partial charge in [-0.15, -0.1) is 11.8 Å². The topological polar surface area (TPSA) is 51.0 Å². The molecule has 0 saturated carbocycles. The van der Waals surface area contributed by atoms with Crippen molar-refractivity contribution < 1.29 is 4.79 Å². The predicted octanol–water partition coefficient (Wildman–Crippen LogP) is 5.37. The Morgan fingerprint density at radius 1 is 0.933 bits per heavy atom. The third-order valence-electron chi connectivity index (χ3n) is 4.96. The molecule has 3 heterocycles. The zero-order valence-corrected chi connectivity index (χ0v) is 17.4. The van der Waals surface area contributed by atoms with Crippen molar-refractivity contribution in [1.82, 2.24) is 14.8 Å². The fourth-order valence-corrected chi connectivity index (χ4v) is 4.86. The number of thioether (sulfide) groups is 1. The Kier molecular flexibility index (Phi) is 5.02. The van der Waals surface area contributed by atoms with E-state index in [0.29, 0.717) is 10.8 Å². The molecule has 0 bridgehead atoms. The number of para-hydroxylation sites is 1. The van der Waals surface area contributed by atoms with E-state index in [1.54, 1.807) is 36.3 Å². The summed E-state index contributed by atoms with van der Waals surface area (Å²) < 4.78 is 1.87. The summed E-state index contributed by atoms with van der Waals surface area (Å²) in [4.78, 5) is 18.8. The van der Waals surface area contributed by atoms with Crippen molar-refractivity contribution in [2.75, 3.05) is 10.7 Å². The number of anilines is 1. The van der Waals surface area contributed by atoms with Crippen LogP contribution in [-0.4, -0.2) is 26.4 Å². The first kappa shape index (κ1) is 18.9. The van der Waals surface area contributed by atoms with Crippen LogP contribution in [0, 0.1) is 0 Å². The maximum Gasteiger partial charge on any atom is 0.238 e. The highest BCUT2D eigenvalue weighted by atomic mass is 35.5. The molecule has 1 saturated heterocycles. The Balaban J connectivity index is 1.64. The number of pyridine rings is 1. The molecule has 148 valence electrons. The number of amides is 1. The van der Waals surface area contributed by atoms with Gasteiger partial charge in [0.15, 0.2) is 0 Å². The van der Waals surface area contributed by atoms with Crippen LogP contribution in [0.1, 0.15) is 10.9 Å². The molecule has 2 aromatic heterocycles. The van der Waals surface area contributed by atoms with Crippen LogP contribution in [0.4, 0.5) is 5.69 Å². The summed E-state index contributed by atoms with van der Waals surface area (Å²) in [5.74, 6) is 0.486. The Hall–Kier alpha value is -3.09. The minimum atomic E-state index is -0.181. The SMILES string of the molecule is O=C1CSC(c2cn(-c3ccccc3)nc2-c2ccncc2)N1c1ccc(Cl)cc1. The van der Waals surface area contributed by atoms with Crippen molar-refractivity contribution >= 4 is 35.0 Å². The van der Waals surface area contributed by atoms with E-state index in [9.17, 15) is 4.79 Å². The van der Waals surface area contributed by atoms with Gasteiger partial charge in [-0.3, -0.25) is 14.7 Å². The van der Waals surface area contributed by atoms with Gasteiger partial charge in [-0.05, 0) is 48.5 Å². The van der Waals surface area contributed by atoms with Crippen LogP contribution >= 0.6 is 23.4 Å². The minimum Gasteiger partial charge on any atom is -0.295 e. The van der Waals surface area contributed by atoms with Gasteiger partial charge in [0.25, 0.3) is 0 Å². The summed E-state index contributed by atoms with van der Waals surface area (Å²) in [6, 6.07) is 21.2. The van der Waals surface area contributed by atoms with Crippen molar-refractivity contribution in [2.45, 2.75) is 5.37 Å². The molecule has 1 fully saturated rings. The molecule has 1 aliphatic heterocycles. The van der Waals surface area contributed by atoms with Crippen molar-refractivity contribution in [3.63, 3.8) is 0 Å². The number of hydrogen-bond acceptors (Lipinski definition) is 4. The van der Waals surface area contributed by atoms with Crippen LogP contribution in [0.5, 0.6) is 0 Å². The van der Waals surface area contributed by atoms with Gasteiger partial charge in [0.2, 0.25) is 5.91 Å². The van der Waals surface area contributed by atoms with Crippen LogP contribution in [0.15, 0.2) is 85.3 Å². The molecule has 0 spiro atoms. The average Bonchev–Trinajstić information content (AvgIpc) is 3.39. The third-order valence-corrected chi connectivity index (χ3v) is 6.40. The molecule has 1 amide bonds. The lowest BCUT2D eigenvalue weighted by atomic mass is 10.1. The molecular formula is C23H17ClN4OS. The molecule has 30 heavy (non-hydrogen) atoms. The van der Waals surface area contributed by atoms with Crippen molar-refractivity contribution in [2.24, 2.45) is 0 Å². The van der Waals surface area contributed by atoms with Crippen LogP contribution in [0.25, 0.3) is 16.9 Å². The Morgan fingerprint density at radius 3 is 2.40 bits per heavy atom. The third kappa shape index (κ3) is 3.49. The number of nitrogens with zero attached hydrogens (tertiary/aromatic N) is 4. The zero-order chi connectivity index (χ0) is 20.5. The van der Waals surface area contributed by atoms with E-state index in [-0.39, 0.29) is 11.3 Å². The maximum absolute atomic E-state index is 12.8. The van der Waals surface area contributed by atoms with Gasteiger partial charge >= 0.3 is 0 Å². The summed E-state index contributed by atoms with van der Waals surface area (Å²) in [6.07, 6.45) is 5.53. The lowest BCUT2D eigenvalue weighted by molar-refractivity contribution is -0.115. The van der Waals surface area contributed by atoms with Crippen molar-refractivity contribution in [1.29, 1.82) is 0 Å². The van der Waals surface area contributed by atoms with E-state index in [2.05, 4.69) is 4.98 Å². The van der Waals surface area contributed by atoms with Gasteiger partial charge in [0.1, 0.15) is 5.37 Å². The number of benzene rings is 2. The first-order valence-corrected chi connectivity index (χ1v) is 10.9. The number of halogens is 1. The molecule has 7 heteroatoms. The molecule has 4 aromatic rings. The summed E-state index contributed by atoms with van der Waals surface area (Å²) in [5.41, 5.74) is 4.58. The van der Waals surface area contributed by atoms with E-state index in [1.165, 1.54) is 0 Å². The van der Waals surface area contributed by atoms with Gasteiger partial charge in [-0.1, -0.05) is 29.8 Å². The van der Waals surface area contributed by atoms with Crippen LogP contribution in [-0.2, 0) is 4.79 Å². The van der Waals surface area contributed by atoms with Crippen LogP contribution in [0.2, 0.25) is 5.02 Å². The normalized spacial score (nSPS) is 16.2. The average molecular weight is 433 g/mol. The molecule has 0 N–H and O–H groups in total. The number of aromatic nitrogens is 3. The van der Waals surface area contributed by atoms with Gasteiger partial charge in [-0.25, -0.2) is 4.68 Å². The summed E-state index contributed by atoms with van der Waals surface area (Å²) in [6.45, 7) is 0. The maximum atomic E-state index is 12.8. The molecule has 2 aromatic carbocycles. The predicted molar refractivity (Wildman–Crippen MR) is 121 cm³/mol. The monoisotopic (exact) mass is 432 g/mol. The van der Waals surface area contributed by atoms with Gasteiger partial charge in [0, 0.05) is 40.4 Å². The number of carbonyl (C=O) groups is 1. The quantitative estimate of drug-likeness (QED) is 0.435. The molecule has 1 unspecified atom stereocenters. The highest BCUT2D eigenvalue weighted by Gasteiger charge is 2.37. The summed E-state index contributed by atoms with van der Waals surface area (Å²) in [5, 5.41) is 5.34. The molecule has 0 aliphatic carbocycles. The summed E-state index contributed by atoms with van der Waals surface area (Å²) in [7, 11) is 0. The number of rotatable bonds is 4. The molecule has 1 atom stereocenters. The molecular weight excluding hydrogens is 416 g/mol. The van der Waals surface area contributed by atoms with Crippen molar-refractivity contribution in [3.8, 4) is 16.9 Å². The van der Waals surface area contributed by atoms with E-state index in [0.717, 1.165) is 28.2 Å². The lowest BCUT2D eigenvalue weighted by Crippen LogP contribution is -2.27. The fourth-order valence-electron chi connectivity index (χ4n) is 3.55. The Morgan fingerprint density at radius 2 is 1.67 bits per heavy atom. The van der Waals surface area contributed by atoms with Crippen LogP contribution < -0.4 is 4.90 Å². The van der Waals surface area contributed by atoms with E-state index >= 15 is 0 Å². The van der Waals surface area contributed by atoms with Crippen LogP contribution in [0.3, 0.4) is 0 Å². The molecule has 5 rings (SSSR count). The summed E-state index contributed by atoms with van der Waals surface area (Å²) >= 11 is 7.66. The Bertz CT molecular complexity index is 1180. The van der Waals surface area contributed by atoms with Gasteiger partial charge < -0.3 is 0 Å². The Labute approximate surface area is 183 Å². The first-order chi connectivity index (χ1) is 14.7. The van der Waals surface area contributed by atoms with Gasteiger partial charge in [0.05, 0.1) is 17.1 Å². The van der Waals surface area contributed by atoms with E-state index in [1.807, 2.05) is 70.4 Å².